The van der Waals surface area contributed by atoms with Gasteiger partial charge in [-0.1, -0.05) is 22.9 Å². The number of nitrogens with one attached hydrogen (secondary N) is 1. The molecule has 4 heterocycles. The quantitative estimate of drug-likeness (QED) is 0.464. The van der Waals surface area contributed by atoms with Gasteiger partial charge in [0.15, 0.2) is 0 Å². The summed E-state index contributed by atoms with van der Waals surface area (Å²) in [6, 6.07) is 3.49. The average Bonchev–Trinajstić information content (AvgIpc) is 3.40. The molecule has 4 aromatic rings. The zero-order valence-electron chi connectivity index (χ0n) is 16.2. The molecule has 30 heavy (non-hydrogen) atoms. The lowest BCUT2D eigenvalue weighted by Gasteiger charge is -2.13. The van der Waals surface area contributed by atoms with Gasteiger partial charge in [-0.05, 0) is 31.9 Å². The van der Waals surface area contributed by atoms with Crippen LogP contribution in [0.3, 0.4) is 0 Å². The molecule has 0 spiro atoms. The lowest BCUT2D eigenvalue weighted by Crippen LogP contribution is -2.14. The molecule has 152 valence electrons. The van der Waals surface area contributed by atoms with E-state index in [1.54, 1.807) is 17.7 Å². The molecule has 1 amide bonds. The second-order valence-corrected chi connectivity index (χ2v) is 8.45. The maximum atomic E-state index is 13.1. The van der Waals surface area contributed by atoms with Gasteiger partial charge in [-0.25, -0.2) is 14.5 Å². The molecular formula is C20H17ClN6O2S. The van der Waals surface area contributed by atoms with Crippen molar-refractivity contribution in [3.05, 3.63) is 52.8 Å². The molecule has 0 saturated heterocycles. The van der Waals surface area contributed by atoms with E-state index in [-0.39, 0.29) is 5.91 Å². The SMILES string of the molecule is COc1cnc(Cl)cc1-c1cc(C)ncc1C(=O)Nc1nn2cc(C3CC3)nc2s1. The van der Waals surface area contributed by atoms with E-state index in [0.29, 0.717) is 38.6 Å². The monoisotopic (exact) mass is 440 g/mol. The molecule has 1 fully saturated rings. The number of anilines is 1. The zero-order valence-corrected chi connectivity index (χ0v) is 17.8. The van der Waals surface area contributed by atoms with Gasteiger partial charge < -0.3 is 4.74 Å². The maximum Gasteiger partial charge on any atom is 0.259 e. The number of methoxy groups -OCH3 is 1. The molecule has 5 rings (SSSR count). The molecule has 1 aliphatic rings. The number of aromatic nitrogens is 5. The number of aryl methyl sites for hydroxylation is 1. The number of carbonyl (C=O) groups excluding carboxylic acids is 1. The summed E-state index contributed by atoms with van der Waals surface area (Å²) in [6.45, 7) is 1.85. The first-order valence-electron chi connectivity index (χ1n) is 9.36. The third-order valence-electron chi connectivity index (χ3n) is 4.91. The van der Waals surface area contributed by atoms with E-state index < -0.39 is 0 Å². The Hall–Kier alpha value is -3.04. The number of fused-ring (bicyclic) bond motifs is 1. The van der Waals surface area contributed by atoms with Crippen LogP contribution in [0, 0.1) is 6.92 Å². The molecule has 0 bridgehead atoms. The summed E-state index contributed by atoms with van der Waals surface area (Å²) in [5.74, 6) is 0.742. The molecule has 0 atom stereocenters. The molecule has 1 aliphatic carbocycles. The van der Waals surface area contributed by atoms with Crippen LogP contribution in [0.25, 0.3) is 16.1 Å². The highest BCUT2D eigenvalue weighted by molar-refractivity contribution is 7.20. The van der Waals surface area contributed by atoms with E-state index in [2.05, 4.69) is 25.4 Å². The average molecular weight is 441 g/mol. The summed E-state index contributed by atoms with van der Waals surface area (Å²) in [4.78, 5) is 26.8. The number of rotatable bonds is 5. The van der Waals surface area contributed by atoms with Crippen molar-refractivity contribution in [3.8, 4) is 16.9 Å². The van der Waals surface area contributed by atoms with Crippen molar-refractivity contribution in [2.45, 2.75) is 25.7 Å². The molecule has 10 heteroatoms. The lowest BCUT2D eigenvalue weighted by molar-refractivity contribution is 0.102. The van der Waals surface area contributed by atoms with Crippen molar-refractivity contribution in [2.24, 2.45) is 0 Å². The predicted octanol–water partition coefficient (Wildman–Crippen LogP) is 4.35. The molecule has 0 aromatic carbocycles. The zero-order chi connectivity index (χ0) is 20.8. The summed E-state index contributed by atoms with van der Waals surface area (Å²) < 4.78 is 7.13. The van der Waals surface area contributed by atoms with Crippen molar-refractivity contribution in [1.82, 2.24) is 24.6 Å². The van der Waals surface area contributed by atoms with Gasteiger partial charge in [0, 0.05) is 28.9 Å². The van der Waals surface area contributed by atoms with Crippen LogP contribution >= 0.6 is 22.9 Å². The van der Waals surface area contributed by atoms with Crippen LogP contribution in [0.5, 0.6) is 5.75 Å². The van der Waals surface area contributed by atoms with Gasteiger partial charge in [0.25, 0.3) is 5.91 Å². The van der Waals surface area contributed by atoms with Crippen LogP contribution in [0.2, 0.25) is 5.15 Å². The van der Waals surface area contributed by atoms with E-state index in [9.17, 15) is 4.79 Å². The molecule has 1 N–H and O–H groups in total. The smallest absolute Gasteiger partial charge is 0.259 e. The highest BCUT2D eigenvalue weighted by Gasteiger charge is 2.27. The standard InChI is InChI=1S/C20H17ClN6O2S/c1-10-5-12(13-6-17(21)23-8-16(13)29-2)14(7-22-10)18(28)25-19-26-27-9-15(11-3-4-11)24-20(27)30-19/h5-9,11H,3-4H2,1-2H3,(H,25,26,28). The second kappa shape index (κ2) is 7.33. The molecule has 0 unspecified atom stereocenters. The summed E-state index contributed by atoms with van der Waals surface area (Å²) in [7, 11) is 1.55. The van der Waals surface area contributed by atoms with Crippen molar-refractivity contribution in [2.75, 3.05) is 12.4 Å². The number of amides is 1. The normalized spacial score (nSPS) is 13.6. The minimum atomic E-state index is -0.327. The Labute approximate surface area is 180 Å². The first kappa shape index (κ1) is 19.0. The number of hydrogen-bond acceptors (Lipinski definition) is 7. The van der Waals surface area contributed by atoms with E-state index in [1.807, 2.05) is 19.2 Å². The Morgan fingerprint density at radius 1 is 1.27 bits per heavy atom. The van der Waals surface area contributed by atoms with Crippen molar-refractivity contribution >= 4 is 38.9 Å². The molecule has 8 nitrogen and oxygen atoms in total. The number of carbonyl (C=O) groups is 1. The van der Waals surface area contributed by atoms with Gasteiger partial charge in [0.05, 0.1) is 30.8 Å². The van der Waals surface area contributed by atoms with Gasteiger partial charge >= 0.3 is 0 Å². The Kier molecular flexibility index (Phi) is 4.63. The Balaban J connectivity index is 1.48. The topological polar surface area (TPSA) is 94.3 Å². The summed E-state index contributed by atoms with van der Waals surface area (Å²) >= 11 is 7.43. The van der Waals surface area contributed by atoms with Gasteiger partial charge in [0.1, 0.15) is 10.9 Å². The van der Waals surface area contributed by atoms with E-state index in [0.717, 1.165) is 16.3 Å². The predicted molar refractivity (Wildman–Crippen MR) is 115 cm³/mol. The highest BCUT2D eigenvalue weighted by Crippen LogP contribution is 2.40. The first-order chi connectivity index (χ1) is 14.5. The molecule has 0 aliphatic heterocycles. The van der Waals surface area contributed by atoms with Crippen molar-refractivity contribution < 1.29 is 9.53 Å². The van der Waals surface area contributed by atoms with Crippen LogP contribution in [-0.2, 0) is 0 Å². The van der Waals surface area contributed by atoms with Gasteiger partial charge in [-0.3, -0.25) is 15.1 Å². The van der Waals surface area contributed by atoms with Crippen molar-refractivity contribution in [1.29, 1.82) is 0 Å². The van der Waals surface area contributed by atoms with Crippen LogP contribution in [0.1, 0.15) is 40.5 Å². The summed E-state index contributed by atoms with van der Waals surface area (Å²) in [5, 5.41) is 8.07. The van der Waals surface area contributed by atoms with E-state index in [1.165, 1.54) is 36.6 Å². The fourth-order valence-electron chi connectivity index (χ4n) is 3.26. The number of halogens is 1. The third-order valence-corrected chi connectivity index (χ3v) is 5.95. The fourth-order valence-corrected chi connectivity index (χ4v) is 4.20. The number of imidazole rings is 1. The van der Waals surface area contributed by atoms with Crippen molar-refractivity contribution in [3.63, 3.8) is 0 Å². The largest absolute Gasteiger partial charge is 0.494 e. The maximum absolute atomic E-state index is 13.1. The fraction of sp³-hybridized carbons (Fsp3) is 0.250. The summed E-state index contributed by atoms with van der Waals surface area (Å²) in [5.41, 5.74) is 3.53. The molecule has 4 aromatic heterocycles. The number of nitrogens with zero attached hydrogens (tertiary/aromatic N) is 5. The van der Waals surface area contributed by atoms with Gasteiger partial charge in [-0.2, -0.15) is 0 Å². The van der Waals surface area contributed by atoms with Crippen LogP contribution in [0.4, 0.5) is 5.13 Å². The van der Waals surface area contributed by atoms with Crippen LogP contribution in [-0.4, -0.2) is 37.6 Å². The number of pyridine rings is 2. The van der Waals surface area contributed by atoms with Gasteiger partial charge in [-0.15, -0.1) is 5.10 Å². The molecular weight excluding hydrogens is 424 g/mol. The van der Waals surface area contributed by atoms with Crippen LogP contribution in [0.15, 0.2) is 30.7 Å². The van der Waals surface area contributed by atoms with Crippen LogP contribution < -0.4 is 10.1 Å². The Bertz CT molecular complexity index is 1250. The summed E-state index contributed by atoms with van der Waals surface area (Å²) in [6.07, 6.45) is 7.36. The number of ether oxygens (including phenoxy) is 1. The Morgan fingerprint density at radius 3 is 2.83 bits per heavy atom. The number of hydrogen-bond donors (Lipinski definition) is 1. The first-order valence-corrected chi connectivity index (χ1v) is 10.6. The second-order valence-electron chi connectivity index (χ2n) is 7.11. The molecule has 1 saturated carbocycles. The lowest BCUT2D eigenvalue weighted by atomic mass is 10.0. The van der Waals surface area contributed by atoms with E-state index >= 15 is 0 Å². The molecule has 0 radical (unpaired) electrons. The highest BCUT2D eigenvalue weighted by atomic mass is 35.5. The minimum Gasteiger partial charge on any atom is -0.494 e. The third kappa shape index (κ3) is 3.50. The minimum absolute atomic E-state index is 0.305. The Morgan fingerprint density at radius 2 is 2.10 bits per heavy atom. The van der Waals surface area contributed by atoms with E-state index in [4.69, 9.17) is 16.3 Å². The van der Waals surface area contributed by atoms with Gasteiger partial charge in [0.2, 0.25) is 10.1 Å².